The minimum absolute atomic E-state index is 0.0315. The molecule has 0 aromatic heterocycles. The van der Waals surface area contributed by atoms with E-state index in [9.17, 15) is 13.6 Å². The lowest BCUT2D eigenvalue weighted by molar-refractivity contribution is -0.152. The van der Waals surface area contributed by atoms with Gasteiger partial charge in [0.2, 0.25) is 0 Å². The second-order valence-corrected chi connectivity index (χ2v) is 4.31. The summed E-state index contributed by atoms with van der Waals surface area (Å²) in [6.07, 6.45) is 0.446. The summed E-state index contributed by atoms with van der Waals surface area (Å²) in [6, 6.07) is 4.54. The Morgan fingerprint density at radius 1 is 1.43 bits per heavy atom. The number of nitrogens with one attached hydrogen (secondary N) is 1. The summed E-state index contributed by atoms with van der Waals surface area (Å²) < 4.78 is 37.8. The highest BCUT2D eigenvalue weighted by Gasteiger charge is 2.44. The van der Waals surface area contributed by atoms with Crippen LogP contribution >= 0.6 is 0 Å². The quantitative estimate of drug-likeness (QED) is 0.591. The summed E-state index contributed by atoms with van der Waals surface area (Å²) in [5, 5.41) is 2.51. The summed E-state index contributed by atoms with van der Waals surface area (Å²) in [7, 11) is 1.50. The van der Waals surface area contributed by atoms with Crippen LogP contribution in [0.1, 0.15) is 13.3 Å². The molecule has 1 aromatic carbocycles. The molecule has 1 rings (SSSR count). The number of alkyl halides is 2. The summed E-state index contributed by atoms with van der Waals surface area (Å²) in [4.78, 5) is 11.8. The molecule has 0 fully saturated rings. The standard InChI is InChI=1S/C15H19F2NO3/c1-4-10-15(16,17)13(14(19)21-5-2)18-11-6-8-12(20-3)9-7-11/h4,6-9,13,18H,1,5,10H2,2-3H3. The van der Waals surface area contributed by atoms with Gasteiger partial charge in [0, 0.05) is 12.1 Å². The van der Waals surface area contributed by atoms with Crippen LogP contribution in [-0.2, 0) is 9.53 Å². The Kier molecular flexibility index (Phi) is 6.14. The first-order valence-corrected chi connectivity index (χ1v) is 6.50. The largest absolute Gasteiger partial charge is 0.497 e. The van der Waals surface area contributed by atoms with E-state index in [1.807, 2.05) is 0 Å². The van der Waals surface area contributed by atoms with Crippen molar-refractivity contribution in [1.29, 1.82) is 0 Å². The minimum Gasteiger partial charge on any atom is -0.497 e. The van der Waals surface area contributed by atoms with Crippen molar-refractivity contribution in [2.24, 2.45) is 0 Å². The molecule has 0 amide bonds. The number of benzene rings is 1. The number of allylic oxidation sites excluding steroid dienone is 1. The van der Waals surface area contributed by atoms with Crippen LogP contribution in [0.2, 0.25) is 0 Å². The van der Waals surface area contributed by atoms with E-state index in [1.54, 1.807) is 31.2 Å². The van der Waals surface area contributed by atoms with Gasteiger partial charge < -0.3 is 14.8 Å². The maximum Gasteiger partial charge on any atom is 0.334 e. The van der Waals surface area contributed by atoms with Gasteiger partial charge in [-0.1, -0.05) is 6.08 Å². The maximum atomic E-state index is 14.0. The normalized spacial score (nSPS) is 12.4. The number of rotatable bonds is 8. The number of esters is 1. The van der Waals surface area contributed by atoms with Gasteiger partial charge in [-0.2, -0.15) is 0 Å². The van der Waals surface area contributed by atoms with Gasteiger partial charge in [-0.15, -0.1) is 6.58 Å². The molecule has 0 saturated carbocycles. The highest BCUT2D eigenvalue weighted by molar-refractivity contribution is 5.80. The molecule has 0 spiro atoms. The van der Waals surface area contributed by atoms with E-state index in [4.69, 9.17) is 9.47 Å². The third-order valence-electron chi connectivity index (χ3n) is 2.76. The summed E-state index contributed by atoms with van der Waals surface area (Å²) in [6.45, 7) is 4.88. The van der Waals surface area contributed by atoms with Crippen LogP contribution in [0, 0.1) is 0 Å². The van der Waals surface area contributed by atoms with Crippen molar-refractivity contribution < 1.29 is 23.0 Å². The van der Waals surface area contributed by atoms with Crippen molar-refractivity contribution in [3.05, 3.63) is 36.9 Å². The third-order valence-corrected chi connectivity index (χ3v) is 2.76. The number of hydrogen-bond donors (Lipinski definition) is 1. The molecule has 0 aliphatic carbocycles. The second kappa shape index (κ2) is 7.61. The first kappa shape index (κ1) is 16.9. The Morgan fingerprint density at radius 3 is 2.52 bits per heavy atom. The SMILES string of the molecule is C=CCC(F)(F)C(Nc1ccc(OC)cc1)C(=O)OCC. The summed E-state index contributed by atoms with van der Waals surface area (Å²) in [5.41, 5.74) is 0.373. The topological polar surface area (TPSA) is 47.6 Å². The zero-order chi connectivity index (χ0) is 15.9. The van der Waals surface area contributed by atoms with Crippen LogP contribution in [0.25, 0.3) is 0 Å². The molecule has 116 valence electrons. The number of anilines is 1. The molecule has 1 unspecified atom stereocenters. The van der Waals surface area contributed by atoms with Gasteiger partial charge in [0.1, 0.15) is 5.75 Å². The van der Waals surface area contributed by atoms with Gasteiger partial charge in [-0.25, -0.2) is 13.6 Å². The minimum atomic E-state index is -3.30. The molecule has 1 N–H and O–H groups in total. The zero-order valence-electron chi connectivity index (χ0n) is 12.1. The van der Waals surface area contributed by atoms with Gasteiger partial charge in [-0.3, -0.25) is 0 Å². The molecule has 1 aromatic rings. The van der Waals surface area contributed by atoms with Crippen LogP contribution in [0.4, 0.5) is 14.5 Å². The first-order chi connectivity index (χ1) is 9.94. The fraction of sp³-hybridized carbons (Fsp3) is 0.400. The van der Waals surface area contributed by atoms with Crippen molar-refractivity contribution in [3.8, 4) is 5.75 Å². The molecule has 6 heteroatoms. The Hall–Kier alpha value is -2.11. The molecule has 21 heavy (non-hydrogen) atoms. The Labute approximate surface area is 122 Å². The molecule has 0 aliphatic rings. The summed E-state index contributed by atoms with van der Waals surface area (Å²) >= 11 is 0. The molecule has 1 atom stereocenters. The maximum absolute atomic E-state index is 14.0. The fourth-order valence-electron chi connectivity index (χ4n) is 1.73. The van der Waals surface area contributed by atoms with Crippen LogP contribution in [-0.4, -0.2) is 31.7 Å². The fourth-order valence-corrected chi connectivity index (χ4v) is 1.73. The van der Waals surface area contributed by atoms with Crippen molar-refractivity contribution >= 4 is 11.7 Å². The van der Waals surface area contributed by atoms with Crippen LogP contribution in [0.3, 0.4) is 0 Å². The number of methoxy groups -OCH3 is 1. The lowest BCUT2D eigenvalue weighted by Gasteiger charge is -2.26. The van der Waals surface area contributed by atoms with Crippen molar-refractivity contribution in [2.45, 2.75) is 25.3 Å². The number of carbonyl (C=O) groups excluding carboxylic acids is 1. The highest BCUT2D eigenvalue weighted by atomic mass is 19.3. The predicted molar refractivity (Wildman–Crippen MR) is 76.8 cm³/mol. The zero-order valence-corrected chi connectivity index (χ0v) is 12.1. The van der Waals surface area contributed by atoms with E-state index in [0.717, 1.165) is 6.08 Å². The summed E-state index contributed by atoms with van der Waals surface area (Å²) in [5.74, 6) is -3.71. The highest BCUT2D eigenvalue weighted by Crippen LogP contribution is 2.28. The Bertz CT molecular complexity index is 474. The Morgan fingerprint density at radius 2 is 2.05 bits per heavy atom. The van der Waals surface area contributed by atoms with Crippen LogP contribution in [0.15, 0.2) is 36.9 Å². The monoisotopic (exact) mass is 299 g/mol. The smallest absolute Gasteiger partial charge is 0.334 e. The second-order valence-electron chi connectivity index (χ2n) is 4.31. The third kappa shape index (κ3) is 4.73. The number of ether oxygens (including phenoxy) is 2. The lowest BCUT2D eigenvalue weighted by Crippen LogP contribution is -2.46. The van der Waals surface area contributed by atoms with Crippen LogP contribution in [0.5, 0.6) is 5.75 Å². The Balaban J connectivity index is 2.95. The predicted octanol–water partition coefficient (Wildman–Crippen LogP) is 3.25. The molecule has 0 heterocycles. The van der Waals surface area contributed by atoms with Crippen molar-refractivity contribution in [1.82, 2.24) is 0 Å². The van der Waals surface area contributed by atoms with Crippen molar-refractivity contribution in [3.63, 3.8) is 0 Å². The molecule has 0 saturated heterocycles. The number of hydrogen-bond acceptors (Lipinski definition) is 4. The molecule has 0 bridgehead atoms. The lowest BCUT2D eigenvalue weighted by atomic mass is 10.1. The van der Waals surface area contributed by atoms with E-state index in [0.29, 0.717) is 11.4 Å². The van der Waals surface area contributed by atoms with Gasteiger partial charge in [0.15, 0.2) is 6.04 Å². The van der Waals surface area contributed by atoms with E-state index in [2.05, 4.69) is 11.9 Å². The van der Waals surface area contributed by atoms with Crippen molar-refractivity contribution in [2.75, 3.05) is 19.0 Å². The molecule has 0 aliphatic heterocycles. The average Bonchev–Trinajstić information content (AvgIpc) is 2.45. The van der Waals surface area contributed by atoms with Crippen LogP contribution < -0.4 is 10.1 Å². The van der Waals surface area contributed by atoms with Gasteiger partial charge in [-0.05, 0) is 31.2 Å². The van der Waals surface area contributed by atoms with Gasteiger partial charge >= 0.3 is 5.97 Å². The van der Waals surface area contributed by atoms with Gasteiger partial charge in [0.05, 0.1) is 13.7 Å². The number of halogens is 2. The average molecular weight is 299 g/mol. The van der Waals surface area contributed by atoms with E-state index in [-0.39, 0.29) is 6.61 Å². The van der Waals surface area contributed by atoms with Gasteiger partial charge in [0.25, 0.3) is 5.92 Å². The van der Waals surface area contributed by atoms with E-state index < -0.39 is 24.4 Å². The number of carbonyl (C=O) groups is 1. The molecular formula is C15H19F2NO3. The molecular weight excluding hydrogens is 280 g/mol. The molecule has 0 radical (unpaired) electrons. The first-order valence-electron chi connectivity index (χ1n) is 6.50. The van der Waals surface area contributed by atoms with E-state index in [1.165, 1.54) is 7.11 Å². The van der Waals surface area contributed by atoms with E-state index >= 15 is 0 Å². The molecule has 4 nitrogen and oxygen atoms in total.